The second kappa shape index (κ2) is 6.52. The molecule has 0 aromatic heterocycles. The van der Waals surface area contributed by atoms with Gasteiger partial charge in [0.15, 0.2) is 0 Å². The quantitative estimate of drug-likeness (QED) is 0.477. The van der Waals surface area contributed by atoms with E-state index < -0.39 is 11.9 Å². The Labute approximate surface area is 122 Å². The second-order valence-corrected chi connectivity index (χ2v) is 4.32. The number of ether oxygens (including phenoxy) is 1. The number of hydrogen-bond acceptors (Lipinski definition) is 4. The Morgan fingerprint density at radius 1 is 1.05 bits per heavy atom. The van der Waals surface area contributed by atoms with Crippen molar-refractivity contribution in [3.05, 3.63) is 77.9 Å². The summed E-state index contributed by atoms with van der Waals surface area (Å²) in [5.41, 5.74) is 0.571. The van der Waals surface area contributed by atoms with Gasteiger partial charge in [0.05, 0.1) is 11.5 Å². The average Bonchev–Trinajstić information content (AvgIpc) is 2.49. The SMILES string of the molecule is C=CCc1ccccc1OC(=O)c1ccccc1C(=O)[O-]. The minimum atomic E-state index is -1.41. The number of carboxylic acids is 1. The monoisotopic (exact) mass is 281 g/mol. The highest BCUT2D eigenvalue weighted by molar-refractivity contribution is 6.02. The van der Waals surface area contributed by atoms with E-state index in [1.807, 2.05) is 12.1 Å². The van der Waals surface area contributed by atoms with Gasteiger partial charge in [-0.05, 0) is 24.1 Å². The fourth-order valence-corrected chi connectivity index (χ4v) is 1.92. The van der Waals surface area contributed by atoms with E-state index in [2.05, 4.69) is 6.58 Å². The first-order chi connectivity index (χ1) is 10.1. The number of esters is 1. The molecule has 0 aliphatic heterocycles. The van der Waals surface area contributed by atoms with Crippen LogP contribution >= 0.6 is 0 Å². The Morgan fingerprint density at radius 2 is 1.67 bits per heavy atom. The standard InChI is InChI=1S/C17H14O4/c1-2-7-12-8-3-6-11-15(12)21-17(20)14-10-5-4-9-13(14)16(18)19/h2-6,8-11H,1,7H2,(H,18,19)/p-1. The summed E-state index contributed by atoms with van der Waals surface area (Å²) in [6, 6.07) is 12.8. The molecule has 0 atom stereocenters. The molecule has 4 heteroatoms. The maximum Gasteiger partial charge on any atom is 0.344 e. The van der Waals surface area contributed by atoms with Crippen molar-refractivity contribution >= 4 is 11.9 Å². The zero-order valence-electron chi connectivity index (χ0n) is 11.2. The van der Waals surface area contributed by atoms with Crippen LogP contribution in [0.5, 0.6) is 5.75 Å². The number of carbonyl (C=O) groups is 2. The molecule has 0 unspecified atom stereocenters. The Hall–Kier alpha value is -2.88. The van der Waals surface area contributed by atoms with E-state index in [-0.39, 0.29) is 11.1 Å². The van der Waals surface area contributed by atoms with Gasteiger partial charge in [-0.25, -0.2) is 4.79 Å². The molecule has 0 N–H and O–H groups in total. The molecule has 0 saturated carbocycles. The van der Waals surface area contributed by atoms with E-state index in [0.29, 0.717) is 12.2 Å². The van der Waals surface area contributed by atoms with Crippen molar-refractivity contribution in [2.24, 2.45) is 0 Å². The lowest BCUT2D eigenvalue weighted by molar-refractivity contribution is -0.255. The first kappa shape index (κ1) is 14.5. The van der Waals surface area contributed by atoms with Crippen LogP contribution in [-0.4, -0.2) is 11.9 Å². The van der Waals surface area contributed by atoms with Crippen molar-refractivity contribution < 1.29 is 19.4 Å². The number of para-hydroxylation sites is 1. The largest absolute Gasteiger partial charge is 0.545 e. The summed E-state index contributed by atoms with van der Waals surface area (Å²) in [6.07, 6.45) is 2.24. The molecule has 0 spiro atoms. The van der Waals surface area contributed by atoms with E-state index in [4.69, 9.17) is 4.74 Å². The van der Waals surface area contributed by atoms with E-state index in [9.17, 15) is 14.7 Å². The summed E-state index contributed by atoms with van der Waals surface area (Å²) >= 11 is 0. The molecule has 21 heavy (non-hydrogen) atoms. The van der Waals surface area contributed by atoms with Crippen molar-refractivity contribution in [1.82, 2.24) is 0 Å². The average molecular weight is 281 g/mol. The lowest BCUT2D eigenvalue weighted by Gasteiger charge is -2.11. The predicted molar refractivity (Wildman–Crippen MR) is 76.1 cm³/mol. The van der Waals surface area contributed by atoms with Gasteiger partial charge >= 0.3 is 5.97 Å². The van der Waals surface area contributed by atoms with Crippen molar-refractivity contribution in [3.8, 4) is 5.75 Å². The van der Waals surface area contributed by atoms with Gasteiger partial charge in [0.2, 0.25) is 0 Å². The van der Waals surface area contributed by atoms with Crippen molar-refractivity contribution in [1.29, 1.82) is 0 Å². The molecule has 0 bridgehead atoms. The van der Waals surface area contributed by atoms with E-state index in [1.165, 1.54) is 18.2 Å². The Bertz CT molecular complexity index is 689. The molecule has 0 radical (unpaired) electrons. The fourth-order valence-electron chi connectivity index (χ4n) is 1.92. The topological polar surface area (TPSA) is 66.4 Å². The maximum atomic E-state index is 12.2. The lowest BCUT2D eigenvalue weighted by Crippen LogP contribution is -2.26. The highest BCUT2D eigenvalue weighted by Gasteiger charge is 2.15. The Kier molecular flexibility index (Phi) is 4.51. The summed E-state index contributed by atoms with van der Waals surface area (Å²) in [7, 11) is 0. The van der Waals surface area contributed by atoms with Crippen LogP contribution in [0.1, 0.15) is 26.3 Å². The smallest absolute Gasteiger partial charge is 0.344 e. The second-order valence-electron chi connectivity index (χ2n) is 4.32. The van der Waals surface area contributed by atoms with Crippen LogP contribution in [0, 0.1) is 0 Å². The number of allylic oxidation sites excluding steroid dienone is 1. The Balaban J connectivity index is 2.31. The highest BCUT2D eigenvalue weighted by atomic mass is 16.5. The van der Waals surface area contributed by atoms with Crippen LogP contribution in [-0.2, 0) is 6.42 Å². The number of carboxylic acid groups (broad SMARTS) is 1. The van der Waals surface area contributed by atoms with Gasteiger partial charge in [-0.15, -0.1) is 6.58 Å². The van der Waals surface area contributed by atoms with Gasteiger partial charge in [-0.2, -0.15) is 0 Å². The molecule has 0 amide bonds. The highest BCUT2D eigenvalue weighted by Crippen LogP contribution is 2.21. The third kappa shape index (κ3) is 3.36. The van der Waals surface area contributed by atoms with Crippen LogP contribution in [0.15, 0.2) is 61.2 Å². The third-order valence-electron chi connectivity index (χ3n) is 2.91. The maximum absolute atomic E-state index is 12.2. The number of aromatic carboxylic acids is 1. The molecule has 2 rings (SSSR count). The summed E-state index contributed by atoms with van der Waals surface area (Å²) in [6.45, 7) is 3.65. The molecular weight excluding hydrogens is 268 g/mol. The van der Waals surface area contributed by atoms with Gasteiger partial charge in [-0.1, -0.05) is 42.5 Å². The van der Waals surface area contributed by atoms with Gasteiger partial charge in [0, 0.05) is 5.56 Å². The van der Waals surface area contributed by atoms with E-state index >= 15 is 0 Å². The summed E-state index contributed by atoms with van der Waals surface area (Å²) < 4.78 is 5.30. The minimum Gasteiger partial charge on any atom is -0.545 e. The molecule has 2 aromatic rings. The molecule has 2 aromatic carbocycles. The van der Waals surface area contributed by atoms with Gasteiger partial charge in [0.25, 0.3) is 0 Å². The first-order valence-electron chi connectivity index (χ1n) is 6.35. The van der Waals surface area contributed by atoms with Crippen molar-refractivity contribution in [2.75, 3.05) is 0 Å². The summed E-state index contributed by atoms with van der Waals surface area (Å²) in [5.74, 6) is -1.76. The minimum absolute atomic E-state index is 0.0362. The van der Waals surface area contributed by atoms with E-state index in [1.54, 1.807) is 24.3 Å². The van der Waals surface area contributed by atoms with Crippen LogP contribution in [0.4, 0.5) is 0 Å². The predicted octanol–water partition coefficient (Wildman–Crippen LogP) is 2.00. The Morgan fingerprint density at radius 3 is 2.33 bits per heavy atom. The lowest BCUT2D eigenvalue weighted by atomic mass is 10.1. The number of carbonyl (C=O) groups excluding carboxylic acids is 2. The van der Waals surface area contributed by atoms with Gasteiger partial charge < -0.3 is 14.6 Å². The first-order valence-corrected chi connectivity index (χ1v) is 6.35. The molecule has 0 aliphatic rings. The number of benzene rings is 2. The van der Waals surface area contributed by atoms with Gasteiger partial charge in [-0.3, -0.25) is 0 Å². The molecular formula is C17H13O4-. The van der Waals surface area contributed by atoms with Crippen LogP contribution < -0.4 is 9.84 Å². The van der Waals surface area contributed by atoms with Crippen molar-refractivity contribution in [2.45, 2.75) is 6.42 Å². The third-order valence-corrected chi connectivity index (χ3v) is 2.91. The molecule has 0 saturated heterocycles. The van der Waals surface area contributed by atoms with Crippen molar-refractivity contribution in [3.63, 3.8) is 0 Å². The van der Waals surface area contributed by atoms with Crippen LogP contribution in [0.25, 0.3) is 0 Å². The fraction of sp³-hybridized carbons (Fsp3) is 0.0588. The zero-order valence-corrected chi connectivity index (χ0v) is 11.2. The van der Waals surface area contributed by atoms with Gasteiger partial charge in [0.1, 0.15) is 5.75 Å². The summed E-state index contributed by atoms with van der Waals surface area (Å²) in [4.78, 5) is 23.2. The zero-order chi connectivity index (χ0) is 15.2. The number of hydrogen-bond donors (Lipinski definition) is 0. The molecule has 0 heterocycles. The van der Waals surface area contributed by atoms with Crippen LogP contribution in [0.2, 0.25) is 0 Å². The van der Waals surface area contributed by atoms with Crippen LogP contribution in [0.3, 0.4) is 0 Å². The summed E-state index contributed by atoms with van der Waals surface area (Å²) in [5, 5.41) is 11.0. The molecule has 106 valence electrons. The number of rotatable bonds is 5. The molecule has 0 aliphatic carbocycles. The normalized spacial score (nSPS) is 9.90. The molecule has 0 fully saturated rings. The van der Waals surface area contributed by atoms with E-state index in [0.717, 1.165) is 5.56 Å². The molecule has 4 nitrogen and oxygen atoms in total.